The first-order valence-electron chi connectivity index (χ1n) is 11.1. The van der Waals surface area contributed by atoms with Gasteiger partial charge in [0.1, 0.15) is 0 Å². The molecule has 5 saturated carbocycles. The van der Waals surface area contributed by atoms with Crippen LogP contribution in [0.3, 0.4) is 0 Å². The summed E-state index contributed by atoms with van der Waals surface area (Å²) in [4.78, 5) is 2.86. The van der Waals surface area contributed by atoms with Crippen LogP contribution in [-0.2, 0) is 4.74 Å². The van der Waals surface area contributed by atoms with Crippen molar-refractivity contribution in [3.63, 3.8) is 0 Å². The van der Waals surface area contributed by atoms with Crippen LogP contribution in [0.25, 0.3) is 0 Å². The van der Waals surface area contributed by atoms with Gasteiger partial charge in [-0.05, 0) is 98.3 Å². The molecule has 5 aliphatic carbocycles. The molecule has 6 fully saturated rings. The van der Waals surface area contributed by atoms with Gasteiger partial charge in [-0.25, -0.2) is 0 Å². The lowest BCUT2D eigenvalue weighted by molar-refractivity contribution is -0.171. The zero-order valence-electron chi connectivity index (χ0n) is 17.0. The molecule has 6 rings (SSSR count). The highest BCUT2D eigenvalue weighted by molar-refractivity contribution is 5.08. The number of nitrogens with zero attached hydrogens (tertiary/aromatic N) is 1. The number of hydrogen-bond donors (Lipinski definition) is 0. The second-order valence-corrected chi connectivity index (χ2v) is 11.6. The van der Waals surface area contributed by atoms with Crippen molar-refractivity contribution < 1.29 is 4.74 Å². The van der Waals surface area contributed by atoms with Crippen molar-refractivity contribution >= 4 is 0 Å². The van der Waals surface area contributed by atoms with E-state index < -0.39 is 0 Å². The molecule has 0 radical (unpaired) electrons. The molecule has 2 nitrogen and oxygen atoms in total. The largest absolute Gasteiger partial charge is 0.378 e. The van der Waals surface area contributed by atoms with Crippen LogP contribution in [0, 0.1) is 40.4 Å². The molecule has 142 valence electrons. The Kier molecular flexibility index (Phi) is 3.73. The fraction of sp³-hybridized carbons (Fsp3) is 1.00. The number of ether oxygens (including phenoxy) is 1. The predicted octanol–water partition coefficient (Wildman–Crippen LogP) is 4.98. The molecule has 6 bridgehead atoms. The van der Waals surface area contributed by atoms with Gasteiger partial charge in [-0.15, -0.1) is 0 Å². The Bertz CT molecular complexity index is 526. The SMILES string of the molecule is COC12CC3CC(C1)C(CCN1CC4CC[C@](C)(C1)C4(C)C)C(C3)C2. The summed E-state index contributed by atoms with van der Waals surface area (Å²) in [5.41, 5.74) is 1.39. The van der Waals surface area contributed by atoms with E-state index in [-0.39, 0.29) is 5.60 Å². The number of methoxy groups -OCH3 is 1. The summed E-state index contributed by atoms with van der Waals surface area (Å²) in [6.07, 6.45) is 11.5. The van der Waals surface area contributed by atoms with Crippen LogP contribution >= 0.6 is 0 Å². The van der Waals surface area contributed by atoms with E-state index in [9.17, 15) is 0 Å². The van der Waals surface area contributed by atoms with Gasteiger partial charge in [0.25, 0.3) is 0 Å². The molecular formula is C23H39NO. The van der Waals surface area contributed by atoms with Gasteiger partial charge in [-0.1, -0.05) is 20.8 Å². The second-order valence-electron chi connectivity index (χ2n) is 11.6. The monoisotopic (exact) mass is 345 g/mol. The molecule has 4 atom stereocenters. The Hall–Kier alpha value is -0.0800. The smallest absolute Gasteiger partial charge is 0.0687 e. The topological polar surface area (TPSA) is 12.5 Å². The van der Waals surface area contributed by atoms with E-state index >= 15 is 0 Å². The Morgan fingerprint density at radius 3 is 2.40 bits per heavy atom. The lowest BCUT2D eigenvalue weighted by Gasteiger charge is -2.60. The number of likely N-dealkylation sites (tertiary alicyclic amines) is 1. The molecule has 1 aliphatic heterocycles. The van der Waals surface area contributed by atoms with Crippen LogP contribution in [0.4, 0.5) is 0 Å². The van der Waals surface area contributed by atoms with Crippen LogP contribution < -0.4 is 0 Å². The van der Waals surface area contributed by atoms with Crippen LogP contribution in [0.2, 0.25) is 0 Å². The molecule has 1 saturated heterocycles. The number of piperidine rings is 1. The van der Waals surface area contributed by atoms with Gasteiger partial charge >= 0.3 is 0 Å². The Morgan fingerprint density at radius 1 is 1.04 bits per heavy atom. The molecule has 0 aromatic heterocycles. The molecule has 0 aromatic rings. The lowest BCUT2D eigenvalue weighted by Crippen LogP contribution is -2.56. The molecule has 1 heterocycles. The third kappa shape index (κ3) is 2.42. The summed E-state index contributed by atoms with van der Waals surface area (Å²) >= 11 is 0. The van der Waals surface area contributed by atoms with E-state index in [4.69, 9.17) is 4.74 Å². The van der Waals surface area contributed by atoms with Crippen LogP contribution in [-0.4, -0.2) is 37.2 Å². The van der Waals surface area contributed by atoms with Gasteiger partial charge in [-0.2, -0.15) is 0 Å². The highest BCUT2D eigenvalue weighted by Gasteiger charge is 2.57. The number of rotatable bonds is 4. The molecule has 0 spiro atoms. The molecule has 2 heteroatoms. The van der Waals surface area contributed by atoms with Crippen molar-refractivity contribution in [1.29, 1.82) is 0 Å². The maximum absolute atomic E-state index is 6.06. The fourth-order valence-electron chi connectivity index (χ4n) is 8.42. The average Bonchev–Trinajstić information content (AvgIpc) is 2.70. The zero-order chi connectivity index (χ0) is 17.4. The van der Waals surface area contributed by atoms with Gasteiger partial charge in [0.05, 0.1) is 5.60 Å². The molecule has 25 heavy (non-hydrogen) atoms. The Labute approximate surface area is 155 Å². The van der Waals surface area contributed by atoms with Gasteiger partial charge in [0, 0.05) is 20.2 Å². The standard InChI is InChI=1S/C23H39NO/c1-21(2)19-5-7-22(21,3)15-24(14-19)8-6-20-17-9-16-10-18(20)13-23(11-16,12-17)25-4/h16-20H,5-15H2,1-4H3/t16?,17?,18?,19?,20?,22-,23?/m1/s1. The summed E-state index contributed by atoms with van der Waals surface area (Å²) in [5.74, 6) is 4.86. The third-order valence-electron chi connectivity index (χ3n) is 10.3. The van der Waals surface area contributed by atoms with Crippen molar-refractivity contribution in [1.82, 2.24) is 4.90 Å². The van der Waals surface area contributed by atoms with Crippen molar-refractivity contribution in [2.24, 2.45) is 40.4 Å². The molecule has 0 aromatic carbocycles. The first-order chi connectivity index (χ1) is 11.8. The predicted molar refractivity (Wildman–Crippen MR) is 102 cm³/mol. The quantitative estimate of drug-likeness (QED) is 0.713. The molecule has 6 aliphatic rings. The van der Waals surface area contributed by atoms with E-state index in [2.05, 4.69) is 25.7 Å². The van der Waals surface area contributed by atoms with Crippen molar-refractivity contribution in [3.8, 4) is 0 Å². The first-order valence-corrected chi connectivity index (χ1v) is 11.1. The average molecular weight is 346 g/mol. The van der Waals surface area contributed by atoms with Gasteiger partial charge in [-0.3, -0.25) is 0 Å². The minimum absolute atomic E-state index is 0.286. The van der Waals surface area contributed by atoms with Crippen LogP contribution in [0.15, 0.2) is 0 Å². The van der Waals surface area contributed by atoms with Crippen molar-refractivity contribution in [3.05, 3.63) is 0 Å². The minimum Gasteiger partial charge on any atom is -0.378 e. The van der Waals surface area contributed by atoms with E-state index in [1.165, 1.54) is 71.0 Å². The van der Waals surface area contributed by atoms with E-state index in [0.717, 1.165) is 29.6 Å². The van der Waals surface area contributed by atoms with E-state index in [1.54, 1.807) is 0 Å². The van der Waals surface area contributed by atoms with Gasteiger partial charge in [0.2, 0.25) is 0 Å². The number of hydrogen-bond acceptors (Lipinski definition) is 2. The lowest BCUT2D eigenvalue weighted by atomic mass is 9.49. The van der Waals surface area contributed by atoms with Crippen molar-refractivity contribution in [2.75, 3.05) is 26.7 Å². The maximum atomic E-state index is 6.06. The summed E-state index contributed by atoms with van der Waals surface area (Å²) in [7, 11) is 1.98. The molecule has 3 unspecified atom stereocenters. The van der Waals surface area contributed by atoms with Gasteiger partial charge in [0.15, 0.2) is 0 Å². The molecule has 0 N–H and O–H groups in total. The summed E-state index contributed by atoms with van der Waals surface area (Å²) in [6.45, 7) is 11.8. The van der Waals surface area contributed by atoms with E-state index in [1.807, 2.05) is 7.11 Å². The summed E-state index contributed by atoms with van der Waals surface area (Å²) < 4.78 is 6.06. The molecular weight excluding hydrogens is 306 g/mol. The summed E-state index contributed by atoms with van der Waals surface area (Å²) in [5, 5.41) is 0. The Morgan fingerprint density at radius 2 is 1.76 bits per heavy atom. The minimum atomic E-state index is 0.286. The zero-order valence-corrected chi connectivity index (χ0v) is 17.0. The second kappa shape index (κ2) is 5.47. The van der Waals surface area contributed by atoms with Crippen LogP contribution in [0.5, 0.6) is 0 Å². The van der Waals surface area contributed by atoms with E-state index in [0.29, 0.717) is 10.8 Å². The van der Waals surface area contributed by atoms with Crippen molar-refractivity contribution in [2.45, 2.75) is 77.7 Å². The third-order valence-corrected chi connectivity index (χ3v) is 10.3. The summed E-state index contributed by atoms with van der Waals surface area (Å²) in [6, 6.07) is 0. The highest BCUT2D eigenvalue weighted by atomic mass is 16.5. The maximum Gasteiger partial charge on any atom is 0.0687 e. The number of fused-ring (bicyclic) bond motifs is 2. The van der Waals surface area contributed by atoms with Crippen LogP contribution in [0.1, 0.15) is 72.1 Å². The highest BCUT2D eigenvalue weighted by Crippen LogP contribution is 2.61. The fourth-order valence-corrected chi connectivity index (χ4v) is 8.42. The Balaban J connectivity index is 1.23. The first kappa shape index (κ1) is 17.0. The van der Waals surface area contributed by atoms with Gasteiger partial charge < -0.3 is 9.64 Å². The molecule has 0 amide bonds. The normalized spacial score (nSPS) is 53.5.